The predicted molar refractivity (Wildman–Crippen MR) is 118 cm³/mol. The number of carbonyl (C=O) groups is 1. The normalized spacial score (nSPS) is 16.8. The van der Waals surface area contributed by atoms with Gasteiger partial charge in [0.05, 0.1) is 11.1 Å². The SMILES string of the molecule is CSc1ccc(N(c2ccc(F)c(Cl)c2)[C@H]2CCN(C(=O)OC(C)(C)C)C2)cc1. The van der Waals surface area contributed by atoms with Gasteiger partial charge < -0.3 is 14.5 Å². The highest BCUT2D eigenvalue weighted by atomic mass is 35.5. The Morgan fingerprint density at radius 1 is 1.21 bits per heavy atom. The molecule has 3 rings (SSSR count). The highest BCUT2D eigenvalue weighted by Crippen LogP contribution is 2.35. The first kappa shape index (κ1) is 21.8. The molecule has 2 aromatic rings. The van der Waals surface area contributed by atoms with E-state index >= 15 is 0 Å². The largest absolute Gasteiger partial charge is 0.444 e. The van der Waals surface area contributed by atoms with Crippen molar-refractivity contribution in [3.63, 3.8) is 0 Å². The Kier molecular flexibility index (Phi) is 6.64. The third-order valence-electron chi connectivity index (χ3n) is 4.71. The van der Waals surface area contributed by atoms with E-state index in [1.165, 1.54) is 6.07 Å². The maximum absolute atomic E-state index is 13.7. The molecule has 1 heterocycles. The van der Waals surface area contributed by atoms with Gasteiger partial charge in [-0.1, -0.05) is 11.6 Å². The van der Waals surface area contributed by atoms with Crippen molar-refractivity contribution in [1.82, 2.24) is 4.90 Å². The number of nitrogens with zero attached hydrogens (tertiary/aromatic N) is 2. The molecule has 0 bridgehead atoms. The van der Waals surface area contributed by atoms with Crippen LogP contribution in [0.1, 0.15) is 27.2 Å². The zero-order chi connectivity index (χ0) is 21.2. The quantitative estimate of drug-likeness (QED) is 0.523. The Morgan fingerprint density at radius 3 is 2.45 bits per heavy atom. The van der Waals surface area contributed by atoms with E-state index < -0.39 is 11.4 Å². The van der Waals surface area contributed by atoms with Crippen LogP contribution in [0, 0.1) is 5.82 Å². The first-order valence-electron chi connectivity index (χ1n) is 9.54. The second kappa shape index (κ2) is 8.84. The lowest BCUT2D eigenvalue weighted by Gasteiger charge is -2.32. The van der Waals surface area contributed by atoms with Crippen molar-refractivity contribution in [1.29, 1.82) is 0 Å². The van der Waals surface area contributed by atoms with Gasteiger partial charge in [0.1, 0.15) is 11.4 Å². The molecule has 1 atom stereocenters. The minimum Gasteiger partial charge on any atom is -0.444 e. The number of amides is 1. The number of hydrogen-bond acceptors (Lipinski definition) is 4. The highest BCUT2D eigenvalue weighted by Gasteiger charge is 2.34. The Labute approximate surface area is 181 Å². The molecule has 1 amide bonds. The molecule has 0 aliphatic carbocycles. The van der Waals surface area contributed by atoms with Crippen molar-refractivity contribution in [2.75, 3.05) is 24.2 Å². The molecule has 156 valence electrons. The Balaban J connectivity index is 1.89. The Bertz CT molecular complexity index is 870. The molecule has 29 heavy (non-hydrogen) atoms. The van der Waals surface area contributed by atoms with E-state index in [1.807, 2.05) is 39.2 Å². The van der Waals surface area contributed by atoms with E-state index in [1.54, 1.807) is 28.8 Å². The molecule has 0 spiro atoms. The van der Waals surface area contributed by atoms with Crippen LogP contribution < -0.4 is 4.90 Å². The molecule has 0 N–H and O–H groups in total. The number of ether oxygens (including phenoxy) is 1. The van der Waals surface area contributed by atoms with Gasteiger partial charge in [-0.05, 0) is 75.9 Å². The van der Waals surface area contributed by atoms with Crippen LogP contribution in [0.25, 0.3) is 0 Å². The van der Waals surface area contributed by atoms with Gasteiger partial charge in [0, 0.05) is 29.4 Å². The maximum Gasteiger partial charge on any atom is 0.410 e. The summed E-state index contributed by atoms with van der Waals surface area (Å²) in [7, 11) is 0. The molecule has 0 radical (unpaired) electrons. The highest BCUT2D eigenvalue weighted by molar-refractivity contribution is 7.98. The molecule has 2 aromatic carbocycles. The molecule has 1 aliphatic heterocycles. The molecule has 4 nitrogen and oxygen atoms in total. The summed E-state index contributed by atoms with van der Waals surface area (Å²) in [6, 6.07) is 13.0. The summed E-state index contributed by atoms with van der Waals surface area (Å²) in [5, 5.41) is 0.0789. The summed E-state index contributed by atoms with van der Waals surface area (Å²) in [6.45, 7) is 6.71. The lowest BCUT2D eigenvalue weighted by atomic mass is 10.1. The van der Waals surface area contributed by atoms with E-state index in [0.717, 1.165) is 22.7 Å². The molecule has 1 saturated heterocycles. The van der Waals surface area contributed by atoms with Crippen LogP contribution in [-0.2, 0) is 4.74 Å². The molecule has 1 aliphatic rings. The fraction of sp³-hybridized carbons (Fsp3) is 0.409. The monoisotopic (exact) mass is 436 g/mol. The summed E-state index contributed by atoms with van der Waals surface area (Å²) in [5.74, 6) is -0.449. The Hall–Kier alpha value is -1.92. The minimum absolute atomic E-state index is 0.0316. The summed E-state index contributed by atoms with van der Waals surface area (Å²) in [5.41, 5.74) is 1.23. The van der Waals surface area contributed by atoms with E-state index in [0.29, 0.717) is 13.1 Å². The second-order valence-corrected chi connectivity index (χ2v) is 9.32. The van der Waals surface area contributed by atoms with Crippen molar-refractivity contribution in [3.05, 3.63) is 53.3 Å². The zero-order valence-corrected chi connectivity index (χ0v) is 18.7. The minimum atomic E-state index is -0.535. The third-order valence-corrected chi connectivity index (χ3v) is 5.75. The smallest absolute Gasteiger partial charge is 0.410 e. The van der Waals surface area contributed by atoms with Gasteiger partial charge in [0.2, 0.25) is 0 Å². The van der Waals surface area contributed by atoms with Crippen LogP contribution in [0.4, 0.5) is 20.6 Å². The lowest BCUT2D eigenvalue weighted by Crippen LogP contribution is -2.39. The van der Waals surface area contributed by atoms with Crippen LogP contribution >= 0.6 is 23.4 Å². The maximum atomic E-state index is 13.7. The molecular formula is C22H26ClFN2O2S. The molecule has 0 saturated carbocycles. The van der Waals surface area contributed by atoms with Gasteiger partial charge in [0.15, 0.2) is 0 Å². The first-order chi connectivity index (χ1) is 13.7. The van der Waals surface area contributed by atoms with Crippen LogP contribution in [0.3, 0.4) is 0 Å². The van der Waals surface area contributed by atoms with Crippen LogP contribution in [0.2, 0.25) is 5.02 Å². The van der Waals surface area contributed by atoms with Gasteiger partial charge >= 0.3 is 6.09 Å². The van der Waals surface area contributed by atoms with Gasteiger partial charge in [0.25, 0.3) is 0 Å². The van der Waals surface area contributed by atoms with Crippen molar-refractivity contribution in [2.45, 2.75) is 43.7 Å². The van der Waals surface area contributed by atoms with Gasteiger partial charge in [-0.25, -0.2) is 9.18 Å². The number of hydrogen-bond donors (Lipinski definition) is 0. The summed E-state index contributed by atoms with van der Waals surface area (Å²) in [6.07, 6.45) is 2.50. The van der Waals surface area contributed by atoms with Crippen molar-refractivity contribution in [3.8, 4) is 0 Å². The summed E-state index contributed by atoms with van der Waals surface area (Å²) in [4.78, 5) is 17.5. The second-order valence-electron chi connectivity index (χ2n) is 8.04. The number of carbonyl (C=O) groups excluding carboxylic acids is 1. The molecule has 1 fully saturated rings. The van der Waals surface area contributed by atoms with Crippen molar-refractivity contribution in [2.24, 2.45) is 0 Å². The third kappa shape index (κ3) is 5.37. The fourth-order valence-electron chi connectivity index (χ4n) is 3.39. The predicted octanol–water partition coefficient (Wildman–Crippen LogP) is 6.35. The first-order valence-corrected chi connectivity index (χ1v) is 11.1. The molecule has 0 aromatic heterocycles. The average molecular weight is 437 g/mol. The lowest BCUT2D eigenvalue weighted by molar-refractivity contribution is 0.0293. The van der Waals surface area contributed by atoms with Gasteiger partial charge in [-0.15, -0.1) is 11.8 Å². The van der Waals surface area contributed by atoms with E-state index in [2.05, 4.69) is 17.0 Å². The van der Waals surface area contributed by atoms with Crippen LogP contribution in [0.15, 0.2) is 47.4 Å². The summed E-state index contributed by atoms with van der Waals surface area (Å²) >= 11 is 7.73. The summed E-state index contributed by atoms with van der Waals surface area (Å²) < 4.78 is 19.3. The molecule has 0 unspecified atom stereocenters. The van der Waals surface area contributed by atoms with Crippen LogP contribution in [-0.4, -0.2) is 42.0 Å². The molecular weight excluding hydrogens is 411 g/mol. The topological polar surface area (TPSA) is 32.8 Å². The van der Waals surface area contributed by atoms with Crippen molar-refractivity contribution >= 4 is 40.8 Å². The van der Waals surface area contributed by atoms with Crippen LogP contribution in [0.5, 0.6) is 0 Å². The fourth-order valence-corrected chi connectivity index (χ4v) is 3.98. The number of halogens is 2. The van der Waals surface area contributed by atoms with E-state index in [-0.39, 0.29) is 17.2 Å². The van der Waals surface area contributed by atoms with Crippen molar-refractivity contribution < 1.29 is 13.9 Å². The van der Waals surface area contributed by atoms with Gasteiger partial charge in [-0.2, -0.15) is 0 Å². The standard InChI is InChI=1S/C22H26ClFN2O2S/c1-22(2,3)28-21(27)25-12-11-17(14-25)26(15-5-8-18(29-4)9-6-15)16-7-10-20(24)19(23)13-16/h5-10,13,17H,11-12,14H2,1-4H3/t17-/m0/s1. The number of benzene rings is 2. The number of likely N-dealkylation sites (tertiary alicyclic amines) is 1. The number of rotatable bonds is 4. The average Bonchev–Trinajstić information content (AvgIpc) is 3.14. The van der Waals surface area contributed by atoms with E-state index in [4.69, 9.17) is 16.3 Å². The zero-order valence-electron chi connectivity index (χ0n) is 17.1. The molecule has 7 heteroatoms. The number of anilines is 2. The Morgan fingerprint density at radius 2 is 1.86 bits per heavy atom. The van der Waals surface area contributed by atoms with Gasteiger partial charge in [-0.3, -0.25) is 0 Å². The van der Waals surface area contributed by atoms with E-state index in [9.17, 15) is 9.18 Å². The number of thioether (sulfide) groups is 1.